The minimum atomic E-state index is 0.548. The van der Waals surface area contributed by atoms with E-state index in [9.17, 15) is 0 Å². The largest absolute Gasteiger partial charge is 0.278 e. The van der Waals surface area contributed by atoms with Gasteiger partial charge in [-0.1, -0.05) is 176 Å². The summed E-state index contributed by atoms with van der Waals surface area (Å²) < 4.78 is 7.01. The van der Waals surface area contributed by atoms with Crippen LogP contribution in [0.5, 0.6) is 0 Å². The average molecular weight is 822 g/mol. The van der Waals surface area contributed by atoms with E-state index in [-0.39, 0.29) is 0 Å². The lowest BCUT2D eigenvalue weighted by atomic mass is 10.0. The summed E-state index contributed by atoms with van der Waals surface area (Å²) in [5.41, 5.74) is 11.9. The third-order valence-electron chi connectivity index (χ3n) is 12.4. The lowest BCUT2D eigenvalue weighted by molar-refractivity contribution is 0.893. The lowest BCUT2D eigenvalue weighted by Crippen LogP contribution is -2.10. The van der Waals surface area contributed by atoms with Crippen LogP contribution in [0.2, 0.25) is 0 Å². The minimum Gasteiger partial charge on any atom is -0.278 e. The normalized spacial score (nSPS) is 11.8. The van der Waals surface area contributed by atoms with Crippen LogP contribution in [0.3, 0.4) is 0 Å². The van der Waals surface area contributed by atoms with Crippen molar-refractivity contribution in [3.05, 3.63) is 212 Å². The van der Waals surface area contributed by atoms with E-state index in [0.717, 1.165) is 77.0 Å². The van der Waals surface area contributed by atoms with Crippen molar-refractivity contribution >= 4 is 75.1 Å². The number of hydrogen-bond donors (Lipinski definition) is 0. The molecule has 0 fully saturated rings. The van der Waals surface area contributed by atoms with Crippen molar-refractivity contribution in [1.29, 1.82) is 0 Å². The fourth-order valence-electron chi connectivity index (χ4n) is 9.39. The van der Waals surface area contributed by atoms with Crippen molar-refractivity contribution < 1.29 is 0 Å². The Morgan fingerprint density at radius 2 is 0.667 bits per heavy atom. The standard InChI is InChI=1S/C57H35N5S/c1-3-13-36(14-4-1)40-27-30-45-46-31-28-41(37-15-5-2-6-16-37)34-52(46)62(51(45)33-40)57-59-55(58-56(60-57)61-49-20-10-7-17-43(49)44-18-8-11-21-50(44)61)39-25-23-38(24-26-39)42-29-32-48-47-19-9-12-22-53(47)63-54(48)35-42/h1-35H. The first-order valence-corrected chi connectivity index (χ1v) is 22.0. The highest BCUT2D eigenvalue weighted by molar-refractivity contribution is 7.25. The highest BCUT2D eigenvalue weighted by atomic mass is 32.1. The molecule has 0 bridgehead atoms. The number of rotatable bonds is 6. The number of hydrogen-bond acceptors (Lipinski definition) is 4. The van der Waals surface area contributed by atoms with Crippen molar-refractivity contribution in [2.24, 2.45) is 0 Å². The van der Waals surface area contributed by atoms with E-state index < -0.39 is 0 Å². The highest BCUT2D eigenvalue weighted by Crippen LogP contribution is 2.39. The molecular formula is C57H35N5S. The molecule has 63 heavy (non-hydrogen) atoms. The van der Waals surface area contributed by atoms with E-state index in [4.69, 9.17) is 15.0 Å². The van der Waals surface area contributed by atoms with Crippen LogP contribution >= 0.6 is 11.3 Å². The second kappa shape index (κ2) is 14.2. The van der Waals surface area contributed by atoms with Crippen LogP contribution in [0.25, 0.3) is 120 Å². The third-order valence-corrected chi connectivity index (χ3v) is 13.6. The van der Waals surface area contributed by atoms with Gasteiger partial charge in [0.05, 0.1) is 22.1 Å². The Hall–Kier alpha value is -8.19. The zero-order valence-corrected chi connectivity index (χ0v) is 34.7. The van der Waals surface area contributed by atoms with E-state index in [1.165, 1.54) is 25.7 Å². The first-order valence-electron chi connectivity index (χ1n) is 21.2. The summed E-state index contributed by atoms with van der Waals surface area (Å²) >= 11 is 1.84. The maximum absolute atomic E-state index is 5.47. The van der Waals surface area contributed by atoms with E-state index in [0.29, 0.717) is 17.7 Å². The number of nitrogens with zero attached hydrogens (tertiary/aromatic N) is 5. The summed E-state index contributed by atoms with van der Waals surface area (Å²) in [5, 5.41) is 7.15. The topological polar surface area (TPSA) is 48.5 Å². The van der Waals surface area contributed by atoms with E-state index >= 15 is 0 Å². The van der Waals surface area contributed by atoms with Crippen LogP contribution in [0.1, 0.15) is 0 Å². The summed E-state index contributed by atoms with van der Waals surface area (Å²) in [6, 6.07) is 75.7. The van der Waals surface area contributed by atoms with Gasteiger partial charge in [-0.2, -0.15) is 15.0 Å². The van der Waals surface area contributed by atoms with Gasteiger partial charge in [-0.3, -0.25) is 9.13 Å². The molecule has 6 heteroatoms. The van der Waals surface area contributed by atoms with Crippen LogP contribution in [-0.2, 0) is 0 Å². The van der Waals surface area contributed by atoms with E-state index in [1.54, 1.807) is 0 Å². The zero-order valence-electron chi connectivity index (χ0n) is 33.9. The Labute approximate surface area is 366 Å². The molecule has 0 aliphatic rings. The van der Waals surface area contributed by atoms with Crippen molar-refractivity contribution in [3.8, 4) is 56.7 Å². The summed E-state index contributed by atoms with van der Waals surface area (Å²) in [7, 11) is 0. The molecule has 0 atom stereocenters. The van der Waals surface area contributed by atoms with Gasteiger partial charge in [-0.25, -0.2) is 0 Å². The van der Waals surface area contributed by atoms with Crippen molar-refractivity contribution in [3.63, 3.8) is 0 Å². The molecule has 5 nitrogen and oxygen atoms in total. The molecule has 0 spiro atoms. The van der Waals surface area contributed by atoms with Gasteiger partial charge in [0, 0.05) is 47.3 Å². The molecule has 13 rings (SSSR count). The predicted octanol–water partition coefficient (Wildman–Crippen LogP) is 15.1. The van der Waals surface area contributed by atoms with Crippen LogP contribution in [0.15, 0.2) is 212 Å². The molecule has 294 valence electrons. The van der Waals surface area contributed by atoms with Crippen molar-refractivity contribution in [1.82, 2.24) is 24.1 Å². The number of thiophene rings is 1. The summed E-state index contributed by atoms with van der Waals surface area (Å²) in [6.07, 6.45) is 0. The van der Waals surface area contributed by atoms with Gasteiger partial charge in [0.2, 0.25) is 11.9 Å². The Morgan fingerprint density at radius 1 is 0.270 bits per heavy atom. The molecule has 0 aliphatic carbocycles. The van der Waals surface area contributed by atoms with Crippen molar-refractivity contribution in [2.45, 2.75) is 0 Å². The first kappa shape index (κ1) is 35.6. The maximum Gasteiger partial charge on any atom is 0.240 e. The average Bonchev–Trinajstić information content (AvgIpc) is 4.01. The lowest BCUT2D eigenvalue weighted by Gasteiger charge is -2.13. The zero-order chi connectivity index (χ0) is 41.4. The summed E-state index contributed by atoms with van der Waals surface area (Å²) in [4.78, 5) is 16.2. The number of para-hydroxylation sites is 2. The molecule has 0 N–H and O–H groups in total. The monoisotopic (exact) mass is 821 g/mol. The summed E-state index contributed by atoms with van der Waals surface area (Å²) in [5.74, 6) is 1.70. The Kier molecular flexibility index (Phi) is 8.01. The Bertz CT molecular complexity index is 3750. The van der Waals surface area contributed by atoms with Crippen molar-refractivity contribution in [2.75, 3.05) is 0 Å². The van der Waals surface area contributed by atoms with Gasteiger partial charge in [-0.15, -0.1) is 11.3 Å². The second-order valence-corrected chi connectivity index (χ2v) is 17.1. The molecule has 0 saturated heterocycles. The molecule has 13 aromatic rings. The SMILES string of the molecule is c1ccc(-c2ccc3c4ccc(-c5ccccc5)cc4n(-c4nc(-c5ccc(-c6ccc7c(c6)sc6ccccc67)cc5)nc(-n5c6ccccc6c6ccccc65)n4)c3c2)cc1. The number of benzene rings is 9. The predicted molar refractivity (Wildman–Crippen MR) is 263 cm³/mol. The number of aromatic nitrogens is 5. The molecule has 0 aliphatic heterocycles. The fourth-order valence-corrected chi connectivity index (χ4v) is 10.5. The highest BCUT2D eigenvalue weighted by Gasteiger charge is 2.22. The minimum absolute atomic E-state index is 0.548. The first-order chi connectivity index (χ1) is 31.2. The van der Waals surface area contributed by atoms with Crippen LogP contribution in [0, 0.1) is 0 Å². The number of fused-ring (bicyclic) bond motifs is 9. The van der Waals surface area contributed by atoms with Gasteiger partial charge in [-0.05, 0) is 69.8 Å². The molecule has 0 radical (unpaired) electrons. The smallest absolute Gasteiger partial charge is 0.240 e. The van der Waals surface area contributed by atoms with Crippen LogP contribution in [0.4, 0.5) is 0 Å². The van der Waals surface area contributed by atoms with E-state index in [2.05, 4.69) is 221 Å². The molecule has 4 aromatic heterocycles. The molecule has 0 amide bonds. The Morgan fingerprint density at radius 3 is 1.25 bits per heavy atom. The van der Waals surface area contributed by atoms with Crippen LogP contribution < -0.4 is 0 Å². The van der Waals surface area contributed by atoms with Gasteiger partial charge in [0.1, 0.15) is 0 Å². The third kappa shape index (κ3) is 5.80. The molecule has 0 saturated carbocycles. The van der Waals surface area contributed by atoms with Crippen LogP contribution in [-0.4, -0.2) is 24.1 Å². The second-order valence-electron chi connectivity index (χ2n) is 16.0. The molecule has 9 aromatic carbocycles. The van der Waals surface area contributed by atoms with Gasteiger partial charge in [0.25, 0.3) is 0 Å². The molecule has 4 heterocycles. The Balaban J connectivity index is 1.05. The van der Waals surface area contributed by atoms with Gasteiger partial charge >= 0.3 is 0 Å². The maximum atomic E-state index is 5.47. The summed E-state index contributed by atoms with van der Waals surface area (Å²) in [6.45, 7) is 0. The molecule has 0 unspecified atom stereocenters. The quantitative estimate of drug-likeness (QED) is 0.168. The fraction of sp³-hybridized carbons (Fsp3) is 0. The van der Waals surface area contributed by atoms with Gasteiger partial charge < -0.3 is 0 Å². The van der Waals surface area contributed by atoms with E-state index in [1.807, 2.05) is 11.3 Å². The molecular weight excluding hydrogens is 787 g/mol. The van der Waals surface area contributed by atoms with Gasteiger partial charge in [0.15, 0.2) is 5.82 Å².